The van der Waals surface area contributed by atoms with Crippen molar-refractivity contribution >= 4 is 0 Å². The summed E-state index contributed by atoms with van der Waals surface area (Å²) in [7, 11) is 0. The topological polar surface area (TPSA) is 46.2 Å². The van der Waals surface area contributed by atoms with Gasteiger partial charge in [-0.05, 0) is 25.7 Å². The number of rotatable bonds is 0. The smallest absolute Gasteiger partial charge is 0.113 e. The van der Waals surface area contributed by atoms with Gasteiger partial charge in [0.1, 0.15) is 5.72 Å². The van der Waals surface area contributed by atoms with Gasteiger partial charge in [0, 0.05) is 0 Å². The quantitative estimate of drug-likeness (QED) is 0.526. The van der Waals surface area contributed by atoms with Crippen molar-refractivity contribution in [1.29, 1.82) is 0 Å². The van der Waals surface area contributed by atoms with E-state index in [4.69, 9.17) is 5.73 Å². The Hall–Kier alpha value is -0.0800. The van der Waals surface area contributed by atoms with Crippen LogP contribution >= 0.6 is 0 Å². The van der Waals surface area contributed by atoms with Crippen LogP contribution in [0.2, 0.25) is 0 Å². The van der Waals surface area contributed by atoms with E-state index in [1.807, 2.05) is 0 Å². The minimum Gasteiger partial charge on any atom is -0.376 e. The first-order chi connectivity index (χ1) is 5.21. The van der Waals surface area contributed by atoms with Crippen molar-refractivity contribution in [3.05, 3.63) is 0 Å². The van der Waals surface area contributed by atoms with Crippen LogP contribution in [0.1, 0.15) is 51.4 Å². The highest BCUT2D eigenvalue weighted by molar-refractivity contribution is 4.71. The van der Waals surface area contributed by atoms with Gasteiger partial charge in [-0.2, -0.15) is 0 Å². The van der Waals surface area contributed by atoms with Crippen molar-refractivity contribution in [3.63, 3.8) is 0 Å². The van der Waals surface area contributed by atoms with Gasteiger partial charge in [-0.25, -0.2) is 0 Å². The lowest BCUT2D eigenvalue weighted by Crippen LogP contribution is -2.39. The van der Waals surface area contributed by atoms with E-state index in [1.54, 1.807) is 0 Å². The van der Waals surface area contributed by atoms with Gasteiger partial charge in [0.25, 0.3) is 0 Å². The highest BCUT2D eigenvalue weighted by Gasteiger charge is 2.20. The Balaban J connectivity index is 2.31. The molecule has 0 unspecified atom stereocenters. The molecule has 1 rings (SSSR count). The summed E-state index contributed by atoms with van der Waals surface area (Å²) in [4.78, 5) is 0. The second kappa shape index (κ2) is 4.07. The highest BCUT2D eigenvalue weighted by atomic mass is 16.3. The van der Waals surface area contributed by atoms with Crippen LogP contribution in [-0.2, 0) is 0 Å². The van der Waals surface area contributed by atoms with Crippen LogP contribution in [-0.4, -0.2) is 10.8 Å². The molecule has 0 amide bonds. The third-order valence-electron chi connectivity index (χ3n) is 2.47. The zero-order valence-electron chi connectivity index (χ0n) is 7.18. The molecule has 11 heavy (non-hydrogen) atoms. The van der Waals surface area contributed by atoms with Crippen LogP contribution in [0.15, 0.2) is 0 Å². The van der Waals surface area contributed by atoms with Crippen LogP contribution in [0.3, 0.4) is 0 Å². The minimum atomic E-state index is -0.857. The molecule has 66 valence electrons. The predicted octanol–water partition coefficient (Wildman–Crippen LogP) is 1.77. The Morgan fingerprint density at radius 2 is 1.18 bits per heavy atom. The molecule has 2 nitrogen and oxygen atoms in total. The third-order valence-corrected chi connectivity index (χ3v) is 2.47. The van der Waals surface area contributed by atoms with Gasteiger partial charge in [0.15, 0.2) is 0 Å². The molecular weight excluding hydrogens is 138 g/mol. The van der Waals surface area contributed by atoms with E-state index >= 15 is 0 Å². The average molecular weight is 157 g/mol. The van der Waals surface area contributed by atoms with Gasteiger partial charge < -0.3 is 10.8 Å². The number of nitrogens with two attached hydrogens (primary N) is 1. The second-order valence-electron chi connectivity index (χ2n) is 3.72. The molecule has 1 fully saturated rings. The summed E-state index contributed by atoms with van der Waals surface area (Å²) in [5.41, 5.74) is 4.82. The number of hydrogen-bond acceptors (Lipinski definition) is 2. The largest absolute Gasteiger partial charge is 0.376 e. The van der Waals surface area contributed by atoms with Crippen molar-refractivity contribution in [1.82, 2.24) is 0 Å². The number of hydrogen-bond donors (Lipinski definition) is 2. The molecule has 0 saturated heterocycles. The number of aliphatic hydroxyl groups is 1. The molecule has 0 atom stereocenters. The fourth-order valence-corrected chi connectivity index (χ4v) is 1.69. The maximum Gasteiger partial charge on any atom is 0.113 e. The second-order valence-corrected chi connectivity index (χ2v) is 3.72. The van der Waals surface area contributed by atoms with Crippen molar-refractivity contribution in [2.75, 3.05) is 0 Å². The van der Waals surface area contributed by atoms with E-state index in [2.05, 4.69) is 0 Å². The molecule has 0 aliphatic heterocycles. The molecule has 3 N–H and O–H groups in total. The molecule has 1 aliphatic rings. The minimum absolute atomic E-state index is 0.785. The zero-order chi connectivity index (χ0) is 8.16. The molecule has 1 saturated carbocycles. The maximum absolute atomic E-state index is 9.58. The Bertz CT molecular complexity index is 100. The van der Waals surface area contributed by atoms with Crippen LogP contribution in [0.5, 0.6) is 0 Å². The first kappa shape index (κ1) is 9.01. The average Bonchev–Trinajstić information content (AvgIpc) is 2.00. The molecule has 0 spiro atoms. The SMILES string of the molecule is NC1(O)CCCCCCCC1. The fourth-order valence-electron chi connectivity index (χ4n) is 1.69. The van der Waals surface area contributed by atoms with Crippen molar-refractivity contribution in [3.8, 4) is 0 Å². The maximum atomic E-state index is 9.58. The van der Waals surface area contributed by atoms with Crippen LogP contribution in [0, 0.1) is 0 Å². The van der Waals surface area contributed by atoms with Gasteiger partial charge in [-0.15, -0.1) is 0 Å². The predicted molar refractivity (Wildman–Crippen MR) is 46.1 cm³/mol. The summed E-state index contributed by atoms with van der Waals surface area (Å²) in [6, 6.07) is 0. The van der Waals surface area contributed by atoms with E-state index in [0.717, 1.165) is 25.7 Å². The molecule has 0 bridgehead atoms. The molecule has 0 heterocycles. The summed E-state index contributed by atoms with van der Waals surface area (Å²) in [6.07, 6.45) is 8.85. The fraction of sp³-hybridized carbons (Fsp3) is 1.00. The lowest BCUT2D eigenvalue weighted by Gasteiger charge is -2.21. The van der Waals surface area contributed by atoms with E-state index in [1.165, 1.54) is 25.7 Å². The first-order valence-electron chi connectivity index (χ1n) is 4.72. The molecule has 0 aromatic heterocycles. The normalized spacial score (nSPS) is 26.7. The molecule has 1 aliphatic carbocycles. The third kappa shape index (κ3) is 3.73. The van der Waals surface area contributed by atoms with Crippen molar-refractivity contribution in [2.24, 2.45) is 5.73 Å². The van der Waals surface area contributed by atoms with Crippen molar-refractivity contribution in [2.45, 2.75) is 57.1 Å². The van der Waals surface area contributed by atoms with Crippen molar-refractivity contribution < 1.29 is 5.11 Å². The Morgan fingerprint density at radius 1 is 0.818 bits per heavy atom. The van der Waals surface area contributed by atoms with E-state index in [9.17, 15) is 5.11 Å². The van der Waals surface area contributed by atoms with Gasteiger partial charge in [0.05, 0.1) is 0 Å². The van der Waals surface area contributed by atoms with Crippen LogP contribution in [0.4, 0.5) is 0 Å². The zero-order valence-corrected chi connectivity index (χ0v) is 7.18. The molecular formula is C9H19NO. The van der Waals surface area contributed by atoms with Crippen LogP contribution < -0.4 is 5.73 Å². The van der Waals surface area contributed by atoms with Gasteiger partial charge in [-0.3, -0.25) is 0 Å². The van der Waals surface area contributed by atoms with Gasteiger partial charge >= 0.3 is 0 Å². The van der Waals surface area contributed by atoms with Crippen LogP contribution in [0.25, 0.3) is 0 Å². The summed E-state index contributed by atoms with van der Waals surface area (Å²) in [6.45, 7) is 0. The standard InChI is InChI=1S/C9H19NO/c10-9(11)7-5-3-1-2-4-6-8-9/h11H,1-8,10H2. The molecule has 0 aromatic carbocycles. The van der Waals surface area contributed by atoms with Gasteiger partial charge in [-0.1, -0.05) is 25.7 Å². The summed E-state index contributed by atoms with van der Waals surface area (Å²) in [5.74, 6) is 0. The summed E-state index contributed by atoms with van der Waals surface area (Å²) in [5, 5.41) is 9.58. The monoisotopic (exact) mass is 157 g/mol. The van der Waals surface area contributed by atoms with Gasteiger partial charge in [0.2, 0.25) is 0 Å². The highest BCUT2D eigenvalue weighted by Crippen LogP contribution is 2.21. The lowest BCUT2D eigenvalue weighted by atomic mass is 10.0. The molecule has 2 heteroatoms. The van der Waals surface area contributed by atoms with E-state index < -0.39 is 5.72 Å². The lowest BCUT2D eigenvalue weighted by molar-refractivity contribution is 0.0259. The summed E-state index contributed by atoms with van der Waals surface area (Å²) < 4.78 is 0. The first-order valence-corrected chi connectivity index (χ1v) is 4.72. The summed E-state index contributed by atoms with van der Waals surface area (Å²) >= 11 is 0. The molecule has 0 aromatic rings. The van der Waals surface area contributed by atoms with E-state index in [-0.39, 0.29) is 0 Å². The molecule has 0 radical (unpaired) electrons. The Kier molecular flexibility index (Phi) is 3.34. The Labute approximate surface area is 68.8 Å². The van der Waals surface area contributed by atoms with E-state index in [0.29, 0.717) is 0 Å². The Morgan fingerprint density at radius 3 is 1.64 bits per heavy atom.